The van der Waals surface area contributed by atoms with Crippen LogP contribution in [0.15, 0.2) is 42.5 Å². The first-order chi connectivity index (χ1) is 10.2. The SMILES string of the molecule is CCCNC(c1ccc(Cl)c(OC)c1)c1ccccc1I. The maximum Gasteiger partial charge on any atom is 0.137 e. The van der Waals surface area contributed by atoms with Crippen LogP contribution in [0.5, 0.6) is 5.75 Å². The molecule has 0 fully saturated rings. The lowest BCUT2D eigenvalue weighted by atomic mass is 9.98. The van der Waals surface area contributed by atoms with Crippen molar-refractivity contribution in [3.63, 3.8) is 0 Å². The van der Waals surface area contributed by atoms with E-state index in [1.807, 2.05) is 12.1 Å². The van der Waals surface area contributed by atoms with Crippen molar-refractivity contribution in [3.05, 3.63) is 62.2 Å². The molecule has 0 radical (unpaired) electrons. The van der Waals surface area contributed by atoms with Crippen LogP contribution in [0.3, 0.4) is 0 Å². The summed E-state index contributed by atoms with van der Waals surface area (Å²) in [6.07, 6.45) is 1.09. The smallest absolute Gasteiger partial charge is 0.137 e. The highest BCUT2D eigenvalue weighted by Crippen LogP contribution is 2.32. The summed E-state index contributed by atoms with van der Waals surface area (Å²) >= 11 is 8.52. The van der Waals surface area contributed by atoms with Crippen LogP contribution in [-0.2, 0) is 0 Å². The first-order valence-electron chi connectivity index (χ1n) is 6.98. The van der Waals surface area contributed by atoms with E-state index in [1.165, 1.54) is 9.13 Å². The molecule has 0 saturated heterocycles. The molecule has 0 saturated carbocycles. The molecule has 0 heterocycles. The van der Waals surface area contributed by atoms with Gasteiger partial charge in [0.25, 0.3) is 0 Å². The topological polar surface area (TPSA) is 21.3 Å². The van der Waals surface area contributed by atoms with Crippen LogP contribution in [-0.4, -0.2) is 13.7 Å². The van der Waals surface area contributed by atoms with Crippen LogP contribution in [0.4, 0.5) is 0 Å². The molecule has 2 aromatic rings. The average Bonchev–Trinajstić information content (AvgIpc) is 2.50. The lowest BCUT2D eigenvalue weighted by Gasteiger charge is -2.21. The average molecular weight is 416 g/mol. The Balaban J connectivity index is 2.43. The Morgan fingerprint density at radius 2 is 2.00 bits per heavy atom. The van der Waals surface area contributed by atoms with Crippen LogP contribution in [0.1, 0.15) is 30.5 Å². The molecule has 0 aliphatic rings. The van der Waals surface area contributed by atoms with Crippen molar-refractivity contribution in [3.8, 4) is 5.75 Å². The number of nitrogens with one attached hydrogen (secondary N) is 1. The van der Waals surface area contributed by atoms with Gasteiger partial charge in [-0.2, -0.15) is 0 Å². The molecule has 0 aliphatic carbocycles. The van der Waals surface area contributed by atoms with Gasteiger partial charge in [0.05, 0.1) is 18.2 Å². The summed E-state index contributed by atoms with van der Waals surface area (Å²) < 4.78 is 6.59. The van der Waals surface area contributed by atoms with Gasteiger partial charge in [0.2, 0.25) is 0 Å². The number of rotatable bonds is 6. The Kier molecular flexibility index (Phi) is 6.33. The van der Waals surface area contributed by atoms with Crippen molar-refractivity contribution in [2.45, 2.75) is 19.4 Å². The number of hydrogen-bond acceptors (Lipinski definition) is 2. The maximum atomic E-state index is 6.14. The molecule has 2 nitrogen and oxygen atoms in total. The van der Waals surface area contributed by atoms with Gasteiger partial charge in [0, 0.05) is 3.57 Å². The predicted molar refractivity (Wildman–Crippen MR) is 97.3 cm³/mol. The molecule has 1 atom stereocenters. The highest BCUT2D eigenvalue weighted by molar-refractivity contribution is 14.1. The standard InChI is InChI=1S/C17H19ClINO/c1-3-10-20-17(13-6-4-5-7-15(13)19)12-8-9-14(18)16(11-12)21-2/h4-9,11,17,20H,3,10H2,1-2H3. The molecule has 21 heavy (non-hydrogen) atoms. The zero-order valence-electron chi connectivity index (χ0n) is 12.2. The summed E-state index contributed by atoms with van der Waals surface area (Å²) in [6, 6.07) is 14.5. The van der Waals surface area contributed by atoms with Crippen molar-refractivity contribution < 1.29 is 4.74 Å². The predicted octanol–water partition coefficient (Wildman–Crippen LogP) is 5.04. The minimum atomic E-state index is 0.143. The molecule has 0 aliphatic heterocycles. The summed E-state index contributed by atoms with van der Waals surface area (Å²) in [5.41, 5.74) is 2.43. The van der Waals surface area contributed by atoms with Crippen molar-refractivity contribution in [2.75, 3.05) is 13.7 Å². The Hall–Kier alpha value is -0.780. The van der Waals surface area contributed by atoms with E-state index in [9.17, 15) is 0 Å². The molecular weight excluding hydrogens is 397 g/mol. The van der Waals surface area contributed by atoms with Crippen LogP contribution < -0.4 is 10.1 Å². The molecule has 0 amide bonds. The summed E-state index contributed by atoms with van der Waals surface area (Å²) in [6.45, 7) is 3.13. The fourth-order valence-corrected chi connectivity index (χ4v) is 3.15. The second kappa shape index (κ2) is 8.01. The van der Waals surface area contributed by atoms with E-state index >= 15 is 0 Å². The first kappa shape index (κ1) is 16.6. The fourth-order valence-electron chi connectivity index (χ4n) is 2.26. The van der Waals surface area contributed by atoms with Crippen LogP contribution in [0.25, 0.3) is 0 Å². The van der Waals surface area contributed by atoms with Gasteiger partial charge in [-0.1, -0.05) is 42.8 Å². The third kappa shape index (κ3) is 4.11. The van der Waals surface area contributed by atoms with Crippen LogP contribution in [0.2, 0.25) is 5.02 Å². The largest absolute Gasteiger partial charge is 0.495 e. The second-order valence-corrected chi connectivity index (χ2v) is 6.37. The van der Waals surface area contributed by atoms with Gasteiger partial charge < -0.3 is 10.1 Å². The monoisotopic (exact) mass is 415 g/mol. The zero-order valence-corrected chi connectivity index (χ0v) is 15.1. The van der Waals surface area contributed by atoms with E-state index in [0.29, 0.717) is 10.8 Å². The van der Waals surface area contributed by atoms with E-state index in [2.05, 4.69) is 65.2 Å². The van der Waals surface area contributed by atoms with Gasteiger partial charge in [-0.05, 0) is 64.9 Å². The second-order valence-electron chi connectivity index (χ2n) is 4.80. The third-order valence-electron chi connectivity index (χ3n) is 3.32. The van der Waals surface area contributed by atoms with Gasteiger partial charge in [0.1, 0.15) is 5.75 Å². The quantitative estimate of drug-likeness (QED) is 0.667. The molecule has 1 N–H and O–H groups in total. The Morgan fingerprint density at radius 3 is 2.67 bits per heavy atom. The maximum absolute atomic E-state index is 6.14. The fraction of sp³-hybridized carbons (Fsp3) is 0.294. The molecule has 0 aromatic heterocycles. The molecular formula is C17H19ClINO. The zero-order chi connectivity index (χ0) is 15.2. The Bertz CT molecular complexity index is 603. The number of methoxy groups -OCH3 is 1. The molecule has 2 rings (SSSR count). The minimum Gasteiger partial charge on any atom is -0.495 e. The minimum absolute atomic E-state index is 0.143. The van der Waals surface area contributed by atoms with E-state index in [0.717, 1.165) is 18.5 Å². The Morgan fingerprint density at radius 1 is 1.24 bits per heavy atom. The first-order valence-corrected chi connectivity index (χ1v) is 8.44. The molecule has 2 aromatic carbocycles. The van der Waals surface area contributed by atoms with Crippen molar-refractivity contribution in [2.24, 2.45) is 0 Å². The van der Waals surface area contributed by atoms with Gasteiger partial charge in [-0.25, -0.2) is 0 Å². The lowest BCUT2D eigenvalue weighted by molar-refractivity contribution is 0.414. The van der Waals surface area contributed by atoms with Crippen molar-refractivity contribution in [1.29, 1.82) is 0 Å². The van der Waals surface area contributed by atoms with Gasteiger partial charge >= 0.3 is 0 Å². The molecule has 1 unspecified atom stereocenters. The van der Waals surface area contributed by atoms with Gasteiger partial charge in [-0.15, -0.1) is 0 Å². The molecule has 0 spiro atoms. The van der Waals surface area contributed by atoms with Crippen LogP contribution in [0, 0.1) is 3.57 Å². The van der Waals surface area contributed by atoms with Gasteiger partial charge in [0.15, 0.2) is 0 Å². The molecule has 4 heteroatoms. The summed E-state index contributed by atoms with van der Waals surface area (Å²) in [5, 5.41) is 4.25. The van der Waals surface area contributed by atoms with Gasteiger partial charge in [-0.3, -0.25) is 0 Å². The number of halogens is 2. The van der Waals surface area contributed by atoms with Crippen LogP contribution >= 0.6 is 34.2 Å². The molecule has 0 bridgehead atoms. The summed E-state index contributed by atoms with van der Waals surface area (Å²) in [5.74, 6) is 0.711. The number of benzene rings is 2. The highest BCUT2D eigenvalue weighted by Gasteiger charge is 2.17. The number of hydrogen-bond donors (Lipinski definition) is 1. The van der Waals surface area contributed by atoms with E-state index in [1.54, 1.807) is 7.11 Å². The Labute approximate surface area is 145 Å². The van der Waals surface area contributed by atoms with E-state index in [-0.39, 0.29) is 6.04 Å². The normalized spacial score (nSPS) is 12.2. The van der Waals surface area contributed by atoms with Crippen molar-refractivity contribution >= 4 is 34.2 Å². The summed E-state index contributed by atoms with van der Waals surface area (Å²) in [7, 11) is 1.64. The third-order valence-corrected chi connectivity index (χ3v) is 4.62. The molecule has 112 valence electrons. The number of ether oxygens (including phenoxy) is 1. The van der Waals surface area contributed by atoms with E-state index < -0.39 is 0 Å². The van der Waals surface area contributed by atoms with E-state index in [4.69, 9.17) is 16.3 Å². The summed E-state index contributed by atoms with van der Waals surface area (Å²) in [4.78, 5) is 0. The lowest BCUT2D eigenvalue weighted by Crippen LogP contribution is -2.24. The highest BCUT2D eigenvalue weighted by atomic mass is 127. The van der Waals surface area contributed by atoms with Crippen molar-refractivity contribution in [1.82, 2.24) is 5.32 Å².